The third-order valence-corrected chi connectivity index (χ3v) is 3.42. The van der Waals surface area contributed by atoms with Gasteiger partial charge in [0.1, 0.15) is 0 Å². The summed E-state index contributed by atoms with van der Waals surface area (Å²) in [5.74, 6) is 0.552. The zero-order chi connectivity index (χ0) is 11.8. The Morgan fingerprint density at radius 2 is 2.12 bits per heavy atom. The van der Waals surface area contributed by atoms with Gasteiger partial charge in [0, 0.05) is 24.7 Å². The highest BCUT2D eigenvalue weighted by atomic mass is 79.9. The van der Waals surface area contributed by atoms with Crippen LogP contribution in [-0.2, 0) is 4.74 Å². The number of rotatable bonds is 7. The molecule has 0 fully saturated rings. The molecule has 1 N–H and O–H groups in total. The molecule has 0 aromatic heterocycles. The molecule has 90 valence electrons. The minimum Gasteiger partial charge on any atom is -0.385 e. The summed E-state index contributed by atoms with van der Waals surface area (Å²) in [4.78, 5) is 0. The molecule has 3 heteroatoms. The Labute approximate surface area is 107 Å². The highest BCUT2D eigenvalue weighted by molar-refractivity contribution is 9.10. The van der Waals surface area contributed by atoms with Crippen LogP contribution < -0.4 is 5.32 Å². The van der Waals surface area contributed by atoms with Gasteiger partial charge in [-0.25, -0.2) is 0 Å². The topological polar surface area (TPSA) is 21.3 Å². The molecule has 1 aromatic carbocycles. The lowest BCUT2D eigenvalue weighted by Crippen LogP contribution is -2.18. The molecule has 2 nitrogen and oxygen atoms in total. The van der Waals surface area contributed by atoms with Crippen molar-refractivity contribution in [1.82, 2.24) is 5.32 Å². The summed E-state index contributed by atoms with van der Waals surface area (Å²) in [7, 11) is 3.76. The van der Waals surface area contributed by atoms with Crippen molar-refractivity contribution in [3.63, 3.8) is 0 Å². The van der Waals surface area contributed by atoms with Crippen LogP contribution in [0.4, 0.5) is 0 Å². The van der Waals surface area contributed by atoms with E-state index >= 15 is 0 Å². The van der Waals surface area contributed by atoms with Crippen LogP contribution in [0.1, 0.15) is 24.3 Å². The molecule has 0 bridgehead atoms. The van der Waals surface area contributed by atoms with Crippen molar-refractivity contribution in [2.75, 3.05) is 27.3 Å². The maximum atomic E-state index is 5.10. The monoisotopic (exact) mass is 285 g/mol. The van der Waals surface area contributed by atoms with Crippen LogP contribution in [0.15, 0.2) is 28.7 Å². The fourth-order valence-corrected chi connectivity index (χ4v) is 2.50. The number of likely N-dealkylation sites (N-methyl/N-ethyl adjacent to an activating group) is 1. The summed E-state index contributed by atoms with van der Waals surface area (Å²) in [6.07, 6.45) is 2.25. The van der Waals surface area contributed by atoms with Gasteiger partial charge in [0.15, 0.2) is 0 Å². The van der Waals surface area contributed by atoms with E-state index in [2.05, 4.69) is 45.5 Å². The molecule has 1 rings (SSSR count). The van der Waals surface area contributed by atoms with Crippen molar-refractivity contribution >= 4 is 15.9 Å². The molecule has 0 saturated carbocycles. The second kappa shape index (κ2) is 7.82. The van der Waals surface area contributed by atoms with Gasteiger partial charge in [-0.1, -0.05) is 34.1 Å². The first-order valence-corrected chi connectivity index (χ1v) is 6.46. The van der Waals surface area contributed by atoms with E-state index in [0.717, 1.165) is 26.0 Å². The molecule has 0 radical (unpaired) electrons. The highest BCUT2D eigenvalue weighted by Gasteiger charge is 2.12. The molecule has 0 aliphatic rings. The van der Waals surface area contributed by atoms with Crippen LogP contribution in [-0.4, -0.2) is 27.3 Å². The van der Waals surface area contributed by atoms with Crippen LogP contribution in [0.2, 0.25) is 0 Å². The summed E-state index contributed by atoms with van der Waals surface area (Å²) < 4.78 is 6.31. The number of benzene rings is 1. The van der Waals surface area contributed by atoms with Gasteiger partial charge >= 0.3 is 0 Å². The standard InChI is InChI=1S/C13H20BrNO/c1-15-10-11(6-5-9-16-2)12-7-3-4-8-13(12)14/h3-4,7-8,11,15H,5-6,9-10H2,1-2H3. The summed E-state index contributed by atoms with van der Waals surface area (Å²) in [6, 6.07) is 8.45. The first-order valence-electron chi connectivity index (χ1n) is 5.67. The predicted octanol–water partition coefficient (Wildman–Crippen LogP) is 3.18. The molecule has 0 spiro atoms. The zero-order valence-corrected chi connectivity index (χ0v) is 11.6. The number of ether oxygens (including phenoxy) is 1. The first kappa shape index (κ1) is 13.7. The fraction of sp³-hybridized carbons (Fsp3) is 0.538. The largest absolute Gasteiger partial charge is 0.385 e. The van der Waals surface area contributed by atoms with Gasteiger partial charge < -0.3 is 10.1 Å². The lowest BCUT2D eigenvalue weighted by atomic mass is 9.94. The molecule has 1 aromatic rings. The van der Waals surface area contributed by atoms with Crippen LogP contribution in [0, 0.1) is 0 Å². The van der Waals surface area contributed by atoms with E-state index in [1.54, 1.807) is 7.11 Å². The molecule has 0 amide bonds. The fourth-order valence-electron chi connectivity index (χ4n) is 1.89. The van der Waals surface area contributed by atoms with Gasteiger partial charge in [0.25, 0.3) is 0 Å². The van der Waals surface area contributed by atoms with Crippen molar-refractivity contribution < 1.29 is 4.74 Å². The van der Waals surface area contributed by atoms with Gasteiger partial charge in [-0.2, -0.15) is 0 Å². The highest BCUT2D eigenvalue weighted by Crippen LogP contribution is 2.27. The molecule has 0 saturated heterocycles. The van der Waals surface area contributed by atoms with E-state index in [-0.39, 0.29) is 0 Å². The number of hydrogen-bond donors (Lipinski definition) is 1. The third kappa shape index (κ3) is 4.24. The van der Waals surface area contributed by atoms with Crippen molar-refractivity contribution in [2.45, 2.75) is 18.8 Å². The minimum absolute atomic E-state index is 0.552. The summed E-state index contributed by atoms with van der Waals surface area (Å²) in [5, 5.41) is 3.26. The second-order valence-corrected chi connectivity index (χ2v) is 4.77. The average molecular weight is 286 g/mol. The molecule has 0 aliphatic heterocycles. The number of hydrogen-bond acceptors (Lipinski definition) is 2. The molecule has 1 unspecified atom stereocenters. The number of nitrogens with one attached hydrogen (secondary N) is 1. The quantitative estimate of drug-likeness (QED) is 0.777. The summed E-state index contributed by atoms with van der Waals surface area (Å²) >= 11 is 3.62. The lowest BCUT2D eigenvalue weighted by molar-refractivity contribution is 0.190. The Kier molecular flexibility index (Phi) is 6.69. The maximum Gasteiger partial charge on any atom is 0.0462 e. The predicted molar refractivity (Wildman–Crippen MR) is 71.9 cm³/mol. The molecule has 1 atom stereocenters. The van der Waals surface area contributed by atoms with Crippen LogP contribution in [0.25, 0.3) is 0 Å². The van der Waals surface area contributed by atoms with E-state index in [1.807, 2.05) is 7.05 Å². The van der Waals surface area contributed by atoms with E-state index in [0.29, 0.717) is 5.92 Å². The van der Waals surface area contributed by atoms with Gasteiger partial charge in [0.05, 0.1) is 0 Å². The lowest BCUT2D eigenvalue weighted by Gasteiger charge is -2.18. The normalized spacial score (nSPS) is 12.7. The molecular formula is C13H20BrNO. The first-order chi connectivity index (χ1) is 7.79. The van der Waals surface area contributed by atoms with Gasteiger partial charge in [-0.3, -0.25) is 0 Å². The Bertz CT molecular complexity index is 304. The zero-order valence-electron chi connectivity index (χ0n) is 10.0. The van der Waals surface area contributed by atoms with Gasteiger partial charge in [0.2, 0.25) is 0 Å². The molecule has 0 aliphatic carbocycles. The Hall–Kier alpha value is -0.380. The van der Waals surface area contributed by atoms with Crippen molar-refractivity contribution in [3.05, 3.63) is 34.3 Å². The third-order valence-electron chi connectivity index (χ3n) is 2.70. The Morgan fingerprint density at radius 1 is 1.38 bits per heavy atom. The maximum absolute atomic E-state index is 5.10. The van der Waals surface area contributed by atoms with Crippen molar-refractivity contribution in [1.29, 1.82) is 0 Å². The van der Waals surface area contributed by atoms with E-state index in [1.165, 1.54) is 10.0 Å². The van der Waals surface area contributed by atoms with Crippen LogP contribution >= 0.6 is 15.9 Å². The Balaban J connectivity index is 2.65. The second-order valence-electron chi connectivity index (χ2n) is 3.91. The van der Waals surface area contributed by atoms with Crippen molar-refractivity contribution in [3.8, 4) is 0 Å². The van der Waals surface area contributed by atoms with E-state index in [9.17, 15) is 0 Å². The minimum atomic E-state index is 0.552. The number of halogens is 1. The van der Waals surface area contributed by atoms with Crippen molar-refractivity contribution in [2.24, 2.45) is 0 Å². The summed E-state index contributed by atoms with van der Waals surface area (Å²) in [5.41, 5.74) is 1.38. The Morgan fingerprint density at radius 3 is 2.75 bits per heavy atom. The molecule has 16 heavy (non-hydrogen) atoms. The molecular weight excluding hydrogens is 266 g/mol. The van der Waals surface area contributed by atoms with Crippen LogP contribution in [0.5, 0.6) is 0 Å². The SMILES string of the molecule is CNCC(CCCOC)c1ccccc1Br. The summed E-state index contributed by atoms with van der Waals surface area (Å²) in [6.45, 7) is 1.84. The van der Waals surface area contributed by atoms with E-state index in [4.69, 9.17) is 4.74 Å². The van der Waals surface area contributed by atoms with E-state index < -0.39 is 0 Å². The number of methoxy groups -OCH3 is 1. The molecule has 0 heterocycles. The average Bonchev–Trinajstić information content (AvgIpc) is 2.29. The van der Waals surface area contributed by atoms with Gasteiger partial charge in [-0.15, -0.1) is 0 Å². The van der Waals surface area contributed by atoms with Crippen LogP contribution in [0.3, 0.4) is 0 Å². The van der Waals surface area contributed by atoms with Gasteiger partial charge in [-0.05, 0) is 37.4 Å². The smallest absolute Gasteiger partial charge is 0.0462 e.